The van der Waals surface area contributed by atoms with Crippen LogP contribution in [-0.4, -0.2) is 6.61 Å². The second-order valence-corrected chi connectivity index (χ2v) is 4.33. The third-order valence-corrected chi connectivity index (χ3v) is 2.85. The maximum atomic E-state index is 5.88. The van der Waals surface area contributed by atoms with E-state index in [0.29, 0.717) is 6.61 Å². The van der Waals surface area contributed by atoms with Crippen LogP contribution < -0.4 is 15.2 Å². The summed E-state index contributed by atoms with van der Waals surface area (Å²) >= 11 is 0. The quantitative estimate of drug-likeness (QED) is 0.828. The summed E-state index contributed by atoms with van der Waals surface area (Å²) in [5.41, 5.74) is 7.53. The van der Waals surface area contributed by atoms with E-state index in [4.69, 9.17) is 15.2 Å². The van der Waals surface area contributed by atoms with Crippen molar-refractivity contribution in [3.05, 3.63) is 54.1 Å². The molecule has 0 amide bonds. The van der Waals surface area contributed by atoms with E-state index < -0.39 is 0 Å². The third-order valence-electron chi connectivity index (χ3n) is 2.85. The van der Waals surface area contributed by atoms with E-state index in [0.717, 1.165) is 22.7 Å². The molecule has 3 nitrogen and oxygen atoms in total. The summed E-state index contributed by atoms with van der Waals surface area (Å²) in [6, 6.07) is 15.4. The zero-order valence-corrected chi connectivity index (χ0v) is 11.3. The first-order valence-electron chi connectivity index (χ1n) is 6.44. The minimum absolute atomic E-state index is 0.0152. The molecule has 1 unspecified atom stereocenters. The molecule has 0 heterocycles. The standard InChI is InChI=1S/C16H19NO2/c1-3-18-15-8-10-16(11-9-15)19-12(2)13-4-6-14(17)7-5-13/h4-12H,3,17H2,1-2H3. The Hall–Kier alpha value is -2.16. The Kier molecular flexibility index (Phi) is 4.29. The van der Waals surface area contributed by atoms with Gasteiger partial charge in [-0.2, -0.15) is 0 Å². The number of anilines is 1. The lowest BCUT2D eigenvalue weighted by Gasteiger charge is -2.15. The Morgan fingerprint density at radius 1 is 0.947 bits per heavy atom. The molecule has 0 aliphatic carbocycles. The lowest BCUT2D eigenvalue weighted by molar-refractivity contribution is 0.226. The third kappa shape index (κ3) is 3.65. The van der Waals surface area contributed by atoms with Crippen LogP contribution in [0.2, 0.25) is 0 Å². The van der Waals surface area contributed by atoms with Crippen LogP contribution in [0.4, 0.5) is 5.69 Å². The smallest absolute Gasteiger partial charge is 0.121 e. The number of ether oxygens (including phenoxy) is 2. The van der Waals surface area contributed by atoms with Gasteiger partial charge in [0.05, 0.1) is 6.61 Å². The molecule has 2 aromatic rings. The van der Waals surface area contributed by atoms with Crippen molar-refractivity contribution >= 4 is 5.69 Å². The highest BCUT2D eigenvalue weighted by molar-refractivity contribution is 5.40. The minimum Gasteiger partial charge on any atom is -0.494 e. The second kappa shape index (κ2) is 6.14. The van der Waals surface area contributed by atoms with Gasteiger partial charge in [0.25, 0.3) is 0 Å². The maximum absolute atomic E-state index is 5.88. The van der Waals surface area contributed by atoms with Crippen LogP contribution in [0.5, 0.6) is 11.5 Å². The summed E-state index contributed by atoms with van der Waals surface area (Å²) in [4.78, 5) is 0. The Bertz CT molecular complexity index is 505. The summed E-state index contributed by atoms with van der Waals surface area (Å²) in [6.45, 7) is 4.65. The van der Waals surface area contributed by atoms with Crippen molar-refractivity contribution in [1.82, 2.24) is 0 Å². The van der Waals surface area contributed by atoms with Crippen LogP contribution in [0.3, 0.4) is 0 Å². The summed E-state index contributed by atoms with van der Waals surface area (Å²) in [7, 11) is 0. The fourth-order valence-electron chi connectivity index (χ4n) is 1.82. The normalized spacial score (nSPS) is 11.9. The molecule has 2 rings (SSSR count). The number of nitrogens with two attached hydrogens (primary N) is 1. The van der Waals surface area contributed by atoms with Gasteiger partial charge in [0.1, 0.15) is 17.6 Å². The maximum Gasteiger partial charge on any atom is 0.121 e. The number of nitrogen functional groups attached to an aromatic ring is 1. The molecule has 3 heteroatoms. The van der Waals surface area contributed by atoms with Gasteiger partial charge in [-0.3, -0.25) is 0 Å². The molecule has 1 atom stereocenters. The van der Waals surface area contributed by atoms with Crippen molar-refractivity contribution in [2.24, 2.45) is 0 Å². The van der Waals surface area contributed by atoms with E-state index in [2.05, 4.69) is 0 Å². The largest absolute Gasteiger partial charge is 0.494 e. The minimum atomic E-state index is -0.0152. The van der Waals surface area contributed by atoms with Gasteiger partial charge in [-0.1, -0.05) is 12.1 Å². The number of hydrogen-bond acceptors (Lipinski definition) is 3. The summed E-state index contributed by atoms with van der Waals surface area (Å²) in [5, 5.41) is 0. The summed E-state index contributed by atoms with van der Waals surface area (Å²) < 4.78 is 11.3. The molecule has 0 saturated heterocycles. The highest BCUT2D eigenvalue weighted by atomic mass is 16.5. The van der Waals surface area contributed by atoms with Gasteiger partial charge >= 0.3 is 0 Å². The molecule has 0 fully saturated rings. The van der Waals surface area contributed by atoms with E-state index in [1.807, 2.05) is 62.4 Å². The van der Waals surface area contributed by atoms with E-state index in [1.54, 1.807) is 0 Å². The molecule has 0 bridgehead atoms. The lowest BCUT2D eigenvalue weighted by atomic mass is 10.1. The van der Waals surface area contributed by atoms with Crippen LogP contribution in [0.25, 0.3) is 0 Å². The predicted molar refractivity (Wildman–Crippen MR) is 77.5 cm³/mol. The van der Waals surface area contributed by atoms with Gasteiger partial charge in [-0.25, -0.2) is 0 Å². The van der Waals surface area contributed by atoms with E-state index in [-0.39, 0.29) is 6.10 Å². The number of rotatable bonds is 5. The van der Waals surface area contributed by atoms with Gasteiger partial charge in [0.2, 0.25) is 0 Å². The first-order valence-corrected chi connectivity index (χ1v) is 6.44. The van der Waals surface area contributed by atoms with Crippen molar-refractivity contribution in [3.8, 4) is 11.5 Å². The molecular weight excluding hydrogens is 238 g/mol. The molecule has 0 aromatic heterocycles. The monoisotopic (exact) mass is 257 g/mol. The zero-order valence-electron chi connectivity index (χ0n) is 11.3. The van der Waals surface area contributed by atoms with Crippen molar-refractivity contribution in [2.45, 2.75) is 20.0 Å². The van der Waals surface area contributed by atoms with Crippen LogP contribution in [0, 0.1) is 0 Å². The van der Waals surface area contributed by atoms with Crippen molar-refractivity contribution in [1.29, 1.82) is 0 Å². The van der Waals surface area contributed by atoms with E-state index >= 15 is 0 Å². The van der Waals surface area contributed by atoms with Crippen LogP contribution in [0.1, 0.15) is 25.5 Å². The average Bonchev–Trinajstić information content (AvgIpc) is 2.42. The Morgan fingerprint density at radius 2 is 1.53 bits per heavy atom. The van der Waals surface area contributed by atoms with Crippen molar-refractivity contribution < 1.29 is 9.47 Å². The van der Waals surface area contributed by atoms with Crippen LogP contribution >= 0.6 is 0 Å². The van der Waals surface area contributed by atoms with E-state index in [1.165, 1.54) is 0 Å². The van der Waals surface area contributed by atoms with Gasteiger partial charge in [-0.05, 0) is 55.8 Å². The van der Waals surface area contributed by atoms with Gasteiger partial charge < -0.3 is 15.2 Å². The number of benzene rings is 2. The second-order valence-electron chi connectivity index (χ2n) is 4.33. The molecule has 0 aliphatic rings. The fourth-order valence-corrected chi connectivity index (χ4v) is 1.82. The first-order chi connectivity index (χ1) is 9.19. The molecule has 2 N–H and O–H groups in total. The molecule has 2 aromatic carbocycles. The van der Waals surface area contributed by atoms with Crippen LogP contribution in [0.15, 0.2) is 48.5 Å². The molecule has 0 spiro atoms. The molecule has 100 valence electrons. The van der Waals surface area contributed by atoms with Crippen molar-refractivity contribution in [2.75, 3.05) is 12.3 Å². The predicted octanol–water partition coefficient (Wildman–Crippen LogP) is 3.81. The summed E-state index contributed by atoms with van der Waals surface area (Å²) in [5.74, 6) is 1.68. The van der Waals surface area contributed by atoms with Gasteiger partial charge in [0.15, 0.2) is 0 Å². The molecule has 0 saturated carbocycles. The molecule has 0 radical (unpaired) electrons. The molecule has 0 aliphatic heterocycles. The highest BCUT2D eigenvalue weighted by Crippen LogP contribution is 2.24. The Labute approximate surface area is 114 Å². The topological polar surface area (TPSA) is 44.5 Å². The Morgan fingerprint density at radius 3 is 2.11 bits per heavy atom. The highest BCUT2D eigenvalue weighted by Gasteiger charge is 2.07. The first kappa shape index (κ1) is 13.3. The fraction of sp³-hybridized carbons (Fsp3) is 0.250. The van der Waals surface area contributed by atoms with Gasteiger partial charge in [0, 0.05) is 5.69 Å². The SMILES string of the molecule is CCOc1ccc(OC(C)c2ccc(N)cc2)cc1. The van der Waals surface area contributed by atoms with Crippen LogP contribution in [-0.2, 0) is 0 Å². The molecular formula is C16H19NO2. The van der Waals surface area contributed by atoms with Crippen molar-refractivity contribution in [3.63, 3.8) is 0 Å². The summed E-state index contributed by atoms with van der Waals surface area (Å²) in [6.07, 6.45) is -0.0152. The lowest BCUT2D eigenvalue weighted by Crippen LogP contribution is -2.03. The van der Waals surface area contributed by atoms with Gasteiger partial charge in [-0.15, -0.1) is 0 Å². The Balaban J connectivity index is 2.01. The average molecular weight is 257 g/mol. The zero-order chi connectivity index (χ0) is 13.7. The number of hydrogen-bond donors (Lipinski definition) is 1. The molecule has 19 heavy (non-hydrogen) atoms. The van der Waals surface area contributed by atoms with E-state index in [9.17, 15) is 0 Å².